The van der Waals surface area contributed by atoms with Crippen LogP contribution in [0.1, 0.15) is 33.7 Å². The number of amides is 1. The van der Waals surface area contributed by atoms with Gasteiger partial charge in [0, 0.05) is 35.1 Å². The predicted octanol–water partition coefficient (Wildman–Crippen LogP) is 3.18. The number of carbonyl (C=O) groups is 1. The van der Waals surface area contributed by atoms with Crippen LogP contribution in [0.3, 0.4) is 0 Å². The van der Waals surface area contributed by atoms with Crippen LogP contribution >= 0.6 is 15.9 Å². The normalized spacial score (nSPS) is 14.6. The molecule has 1 aliphatic rings. The molecule has 7 nitrogen and oxygen atoms in total. The van der Waals surface area contributed by atoms with E-state index in [0.717, 1.165) is 10.0 Å². The number of fused-ring (bicyclic) bond motifs is 1. The SMILES string of the molecule is CCOc1cc(C(CN2Cc3c(Br)ccc(N)c3C2=O)S(C)(=O)=O)ccc1OC. The van der Waals surface area contributed by atoms with Gasteiger partial charge in [-0.3, -0.25) is 4.79 Å². The Hall–Kier alpha value is -2.26. The highest BCUT2D eigenvalue weighted by atomic mass is 79.9. The van der Waals surface area contributed by atoms with Crippen LogP contribution in [-0.4, -0.2) is 45.7 Å². The summed E-state index contributed by atoms with van der Waals surface area (Å²) in [4.78, 5) is 14.4. The van der Waals surface area contributed by atoms with Gasteiger partial charge in [-0.05, 0) is 36.8 Å². The quantitative estimate of drug-likeness (QED) is 0.608. The zero-order valence-corrected chi connectivity index (χ0v) is 18.8. The molecule has 0 aliphatic carbocycles. The largest absolute Gasteiger partial charge is 0.493 e. The van der Waals surface area contributed by atoms with Crippen molar-refractivity contribution in [1.29, 1.82) is 0 Å². The molecule has 1 heterocycles. The highest BCUT2D eigenvalue weighted by Gasteiger charge is 2.35. The van der Waals surface area contributed by atoms with Gasteiger partial charge < -0.3 is 20.1 Å². The molecular weight excluding hydrogens is 460 g/mol. The van der Waals surface area contributed by atoms with Crippen LogP contribution in [0, 0.1) is 0 Å². The van der Waals surface area contributed by atoms with Gasteiger partial charge in [0.05, 0.1) is 19.3 Å². The van der Waals surface area contributed by atoms with Crippen molar-refractivity contribution in [3.05, 3.63) is 51.5 Å². The van der Waals surface area contributed by atoms with E-state index in [-0.39, 0.29) is 12.5 Å². The number of sulfone groups is 1. The van der Waals surface area contributed by atoms with Gasteiger partial charge >= 0.3 is 0 Å². The van der Waals surface area contributed by atoms with E-state index in [1.165, 1.54) is 18.3 Å². The van der Waals surface area contributed by atoms with E-state index in [1.54, 1.807) is 30.3 Å². The molecular formula is C20H23BrN2O5S. The van der Waals surface area contributed by atoms with Crippen molar-refractivity contribution < 1.29 is 22.7 Å². The van der Waals surface area contributed by atoms with E-state index in [2.05, 4.69) is 15.9 Å². The van der Waals surface area contributed by atoms with Crippen LogP contribution in [0.15, 0.2) is 34.8 Å². The minimum absolute atomic E-state index is 0.0100. The Morgan fingerprint density at radius 2 is 1.97 bits per heavy atom. The minimum Gasteiger partial charge on any atom is -0.493 e. The van der Waals surface area contributed by atoms with E-state index < -0.39 is 15.1 Å². The molecule has 1 amide bonds. The molecule has 156 valence electrons. The van der Waals surface area contributed by atoms with E-state index >= 15 is 0 Å². The Morgan fingerprint density at radius 1 is 1.24 bits per heavy atom. The van der Waals surface area contributed by atoms with Crippen LogP contribution in [0.4, 0.5) is 5.69 Å². The third-order valence-corrected chi connectivity index (χ3v) is 7.10. The van der Waals surface area contributed by atoms with Gasteiger partial charge in [0.2, 0.25) is 0 Å². The van der Waals surface area contributed by atoms with Gasteiger partial charge in [0.1, 0.15) is 5.25 Å². The summed E-state index contributed by atoms with van der Waals surface area (Å²) in [6.45, 7) is 2.55. The molecule has 0 radical (unpaired) electrons. The molecule has 2 aromatic rings. The number of nitrogens with zero attached hydrogens (tertiary/aromatic N) is 1. The molecule has 1 aliphatic heterocycles. The van der Waals surface area contributed by atoms with Gasteiger partial charge in [-0.2, -0.15) is 0 Å². The number of hydrogen-bond acceptors (Lipinski definition) is 6. The van der Waals surface area contributed by atoms with Crippen LogP contribution < -0.4 is 15.2 Å². The van der Waals surface area contributed by atoms with E-state index in [0.29, 0.717) is 41.5 Å². The molecule has 0 bridgehead atoms. The maximum atomic E-state index is 12.9. The first-order valence-electron chi connectivity index (χ1n) is 9.03. The molecule has 1 atom stereocenters. The fraction of sp³-hybridized carbons (Fsp3) is 0.350. The monoisotopic (exact) mass is 482 g/mol. The van der Waals surface area contributed by atoms with Crippen molar-refractivity contribution >= 4 is 37.4 Å². The van der Waals surface area contributed by atoms with Gasteiger partial charge in [-0.25, -0.2) is 8.42 Å². The zero-order valence-electron chi connectivity index (χ0n) is 16.4. The van der Waals surface area contributed by atoms with Crippen molar-refractivity contribution in [3.8, 4) is 11.5 Å². The summed E-state index contributed by atoms with van der Waals surface area (Å²) in [6, 6.07) is 8.47. The van der Waals surface area contributed by atoms with Crippen molar-refractivity contribution in [2.24, 2.45) is 0 Å². The number of nitrogen functional groups attached to an aromatic ring is 1. The van der Waals surface area contributed by atoms with Gasteiger partial charge in [0.15, 0.2) is 21.3 Å². The molecule has 0 aromatic heterocycles. The predicted molar refractivity (Wildman–Crippen MR) is 115 cm³/mol. The lowest BCUT2D eigenvalue weighted by atomic mass is 10.1. The number of carbonyl (C=O) groups excluding carboxylic acids is 1. The fourth-order valence-electron chi connectivity index (χ4n) is 3.47. The second-order valence-corrected chi connectivity index (χ2v) is 9.92. The summed E-state index contributed by atoms with van der Waals surface area (Å²) < 4.78 is 36.9. The minimum atomic E-state index is -3.52. The first-order chi connectivity index (χ1) is 13.7. The standard InChI is InChI=1S/C20H23BrN2O5S/c1-4-28-17-9-12(5-8-16(17)27-2)18(29(3,25)26)11-23-10-13-14(21)6-7-15(22)19(13)20(23)24/h5-9,18H,4,10-11,22H2,1-3H3. The summed E-state index contributed by atoms with van der Waals surface area (Å²) in [7, 11) is -2.00. The van der Waals surface area contributed by atoms with Crippen LogP contribution in [0.25, 0.3) is 0 Å². The topological polar surface area (TPSA) is 98.9 Å². The maximum absolute atomic E-state index is 12.9. The Labute approximate surface area is 178 Å². The number of anilines is 1. The number of ether oxygens (including phenoxy) is 2. The molecule has 3 rings (SSSR count). The number of methoxy groups -OCH3 is 1. The Bertz CT molecular complexity index is 1060. The summed E-state index contributed by atoms with van der Waals surface area (Å²) in [5.41, 5.74) is 8.11. The fourth-order valence-corrected chi connectivity index (χ4v) is 5.01. The first-order valence-corrected chi connectivity index (χ1v) is 11.8. The summed E-state index contributed by atoms with van der Waals surface area (Å²) in [6.07, 6.45) is 1.17. The van der Waals surface area contributed by atoms with Gasteiger partial charge in [0.25, 0.3) is 5.91 Å². The summed E-state index contributed by atoms with van der Waals surface area (Å²) >= 11 is 3.45. The highest BCUT2D eigenvalue weighted by Crippen LogP contribution is 2.37. The lowest BCUT2D eigenvalue weighted by molar-refractivity contribution is 0.0779. The van der Waals surface area contributed by atoms with Gasteiger partial charge in [-0.15, -0.1) is 0 Å². The first kappa shape index (κ1) is 21.4. The summed E-state index contributed by atoms with van der Waals surface area (Å²) in [5.74, 6) is 0.708. The maximum Gasteiger partial charge on any atom is 0.256 e. The van der Waals surface area contributed by atoms with E-state index in [9.17, 15) is 13.2 Å². The van der Waals surface area contributed by atoms with Crippen molar-refractivity contribution in [2.75, 3.05) is 32.3 Å². The average Bonchev–Trinajstić information content (AvgIpc) is 3.00. The molecule has 0 saturated carbocycles. The third-order valence-electron chi connectivity index (χ3n) is 4.90. The lowest BCUT2D eigenvalue weighted by Gasteiger charge is -2.24. The Balaban J connectivity index is 1.97. The molecule has 29 heavy (non-hydrogen) atoms. The number of benzene rings is 2. The molecule has 2 N–H and O–H groups in total. The zero-order chi connectivity index (χ0) is 21.3. The average molecular weight is 483 g/mol. The smallest absolute Gasteiger partial charge is 0.256 e. The van der Waals surface area contributed by atoms with Crippen LogP contribution in [0.5, 0.6) is 11.5 Å². The van der Waals surface area contributed by atoms with Crippen molar-refractivity contribution in [1.82, 2.24) is 4.90 Å². The second kappa shape index (κ2) is 8.23. The van der Waals surface area contributed by atoms with E-state index in [4.69, 9.17) is 15.2 Å². The summed E-state index contributed by atoms with van der Waals surface area (Å²) in [5, 5.41) is -0.911. The molecule has 0 saturated heterocycles. The number of rotatable bonds is 7. The van der Waals surface area contributed by atoms with Crippen LogP contribution in [-0.2, 0) is 16.4 Å². The molecule has 2 aromatic carbocycles. The molecule has 1 unspecified atom stereocenters. The lowest BCUT2D eigenvalue weighted by Crippen LogP contribution is -2.32. The van der Waals surface area contributed by atoms with Crippen molar-refractivity contribution in [2.45, 2.75) is 18.7 Å². The number of nitrogens with two attached hydrogens (primary N) is 1. The third kappa shape index (κ3) is 4.20. The van der Waals surface area contributed by atoms with Crippen LogP contribution in [0.2, 0.25) is 0 Å². The molecule has 0 spiro atoms. The molecule has 9 heteroatoms. The Kier molecular flexibility index (Phi) is 6.09. The van der Waals surface area contributed by atoms with Crippen molar-refractivity contribution in [3.63, 3.8) is 0 Å². The Morgan fingerprint density at radius 3 is 2.55 bits per heavy atom. The van der Waals surface area contributed by atoms with Gasteiger partial charge in [-0.1, -0.05) is 22.0 Å². The highest BCUT2D eigenvalue weighted by molar-refractivity contribution is 9.10. The molecule has 0 fully saturated rings. The second-order valence-electron chi connectivity index (χ2n) is 6.84. The number of hydrogen-bond donors (Lipinski definition) is 1. The van der Waals surface area contributed by atoms with E-state index in [1.807, 2.05) is 6.92 Å². The number of halogens is 1.